The van der Waals surface area contributed by atoms with E-state index in [9.17, 15) is 14.9 Å². The maximum absolute atomic E-state index is 11.9. The maximum Gasteiger partial charge on any atom is 0.273 e. The van der Waals surface area contributed by atoms with Crippen molar-refractivity contribution in [3.63, 3.8) is 0 Å². The first-order valence-electron chi connectivity index (χ1n) is 5.58. The summed E-state index contributed by atoms with van der Waals surface area (Å²) < 4.78 is 0. The van der Waals surface area contributed by atoms with E-state index in [1.165, 1.54) is 12.1 Å². The number of rotatable bonds is 5. The van der Waals surface area contributed by atoms with Gasteiger partial charge in [0.25, 0.3) is 11.6 Å². The number of carbonyl (C=O) groups excluding carboxylic acids is 1. The third-order valence-corrected chi connectivity index (χ3v) is 2.88. The van der Waals surface area contributed by atoms with E-state index in [0.29, 0.717) is 23.4 Å². The molecule has 0 saturated heterocycles. The molecule has 0 aliphatic rings. The number of halogens is 1. The predicted molar refractivity (Wildman–Crippen MR) is 70.1 cm³/mol. The summed E-state index contributed by atoms with van der Waals surface area (Å²) >= 11 is 5.58. The quantitative estimate of drug-likeness (QED) is 0.508. The summed E-state index contributed by atoms with van der Waals surface area (Å²) in [6.07, 6.45) is 0.654. The predicted octanol–water partition coefficient (Wildman–Crippen LogP) is 2.65. The van der Waals surface area contributed by atoms with Crippen LogP contribution >= 0.6 is 11.6 Å². The van der Waals surface area contributed by atoms with E-state index < -0.39 is 4.92 Å². The van der Waals surface area contributed by atoms with Crippen molar-refractivity contribution in [2.24, 2.45) is 0 Å². The third-order valence-electron chi connectivity index (χ3n) is 2.67. The topological polar surface area (TPSA) is 72.2 Å². The van der Waals surface area contributed by atoms with E-state index in [2.05, 4.69) is 5.32 Å². The number of alkyl halides is 1. The molecule has 0 heterocycles. The zero-order chi connectivity index (χ0) is 13.7. The molecule has 1 unspecified atom stereocenters. The zero-order valence-electron chi connectivity index (χ0n) is 10.3. The lowest BCUT2D eigenvalue weighted by molar-refractivity contribution is -0.385. The molecule has 1 amide bonds. The summed E-state index contributed by atoms with van der Waals surface area (Å²) in [7, 11) is 0. The molecule has 0 saturated carbocycles. The Hall–Kier alpha value is -1.62. The standard InChI is InChI=1S/C12H15ClN2O3/c1-8(6-7-13)14-12(16)10-4-3-5-11(9(10)2)15(17)18/h3-5,8H,6-7H2,1-2H3,(H,14,16). The lowest BCUT2D eigenvalue weighted by Crippen LogP contribution is -2.33. The van der Waals surface area contributed by atoms with Gasteiger partial charge in [0.1, 0.15) is 0 Å². The van der Waals surface area contributed by atoms with E-state index in [1.807, 2.05) is 6.92 Å². The fourth-order valence-electron chi connectivity index (χ4n) is 1.60. The van der Waals surface area contributed by atoms with Crippen LogP contribution in [0.4, 0.5) is 5.69 Å². The molecule has 18 heavy (non-hydrogen) atoms. The first-order valence-corrected chi connectivity index (χ1v) is 6.11. The summed E-state index contributed by atoms with van der Waals surface area (Å²) in [5.41, 5.74) is 0.649. The fraction of sp³-hybridized carbons (Fsp3) is 0.417. The number of nitro benzene ring substituents is 1. The van der Waals surface area contributed by atoms with Crippen molar-refractivity contribution >= 4 is 23.2 Å². The second-order valence-corrected chi connectivity index (χ2v) is 4.44. The summed E-state index contributed by atoms with van der Waals surface area (Å²) in [5.74, 6) is 0.142. The molecule has 1 aromatic rings. The smallest absolute Gasteiger partial charge is 0.273 e. The Balaban J connectivity index is 2.93. The van der Waals surface area contributed by atoms with Crippen LogP contribution < -0.4 is 5.32 Å². The van der Waals surface area contributed by atoms with Crippen molar-refractivity contribution < 1.29 is 9.72 Å². The zero-order valence-corrected chi connectivity index (χ0v) is 11.0. The normalized spacial score (nSPS) is 11.9. The van der Waals surface area contributed by atoms with Crippen LogP contribution in [0, 0.1) is 17.0 Å². The van der Waals surface area contributed by atoms with Crippen LogP contribution in [0.15, 0.2) is 18.2 Å². The molecule has 0 radical (unpaired) electrons. The number of amides is 1. The number of hydrogen-bond donors (Lipinski definition) is 1. The van der Waals surface area contributed by atoms with E-state index >= 15 is 0 Å². The molecule has 98 valence electrons. The molecule has 0 aliphatic heterocycles. The van der Waals surface area contributed by atoms with Gasteiger partial charge in [-0.1, -0.05) is 6.07 Å². The van der Waals surface area contributed by atoms with Crippen LogP contribution in [0.25, 0.3) is 0 Å². The largest absolute Gasteiger partial charge is 0.350 e. The summed E-state index contributed by atoms with van der Waals surface area (Å²) in [6, 6.07) is 4.40. The number of carbonyl (C=O) groups is 1. The van der Waals surface area contributed by atoms with Crippen LogP contribution in [0.5, 0.6) is 0 Å². The van der Waals surface area contributed by atoms with E-state index in [4.69, 9.17) is 11.6 Å². The van der Waals surface area contributed by atoms with E-state index in [0.717, 1.165) is 0 Å². The van der Waals surface area contributed by atoms with Gasteiger partial charge in [-0.25, -0.2) is 0 Å². The molecule has 0 spiro atoms. The Bertz CT molecular complexity index is 463. The van der Waals surface area contributed by atoms with Crippen molar-refractivity contribution in [1.82, 2.24) is 5.32 Å². The monoisotopic (exact) mass is 270 g/mol. The Kier molecular flexibility index (Phi) is 5.09. The molecule has 1 N–H and O–H groups in total. The van der Waals surface area contributed by atoms with Gasteiger partial charge < -0.3 is 5.32 Å². The Morgan fingerprint density at radius 2 is 2.22 bits per heavy atom. The number of hydrogen-bond acceptors (Lipinski definition) is 3. The second kappa shape index (κ2) is 6.35. The minimum absolute atomic E-state index is 0.0485. The highest BCUT2D eigenvalue weighted by molar-refractivity contribution is 6.17. The molecule has 5 nitrogen and oxygen atoms in total. The van der Waals surface area contributed by atoms with Crippen molar-refractivity contribution in [2.75, 3.05) is 5.88 Å². The average Bonchev–Trinajstić information content (AvgIpc) is 2.28. The molecule has 0 fully saturated rings. The Morgan fingerprint density at radius 1 is 1.56 bits per heavy atom. The molecule has 6 heteroatoms. The van der Waals surface area contributed by atoms with Crippen molar-refractivity contribution in [3.05, 3.63) is 39.4 Å². The van der Waals surface area contributed by atoms with Crippen molar-refractivity contribution in [1.29, 1.82) is 0 Å². The van der Waals surface area contributed by atoms with Gasteiger partial charge in [-0.15, -0.1) is 11.6 Å². The van der Waals surface area contributed by atoms with Crippen LogP contribution in [-0.4, -0.2) is 22.8 Å². The number of nitro groups is 1. The average molecular weight is 271 g/mol. The minimum atomic E-state index is -0.492. The molecular formula is C12H15ClN2O3. The van der Waals surface area contributed by atoms with Crippen molar-refractivity contribution in [3.8, 4) is 0 Å². The summed E-state index contributed by atoms with van der Waals surface area (Å²) in [4.78, 5) is 22.2. The first-order chi connectivity index (χ1) is 8.47. The lowest BCUT2D eigenvalue weighted by atomic mass is 10.1. The molecule has 0 aliphatic carbocycles. The van der Waals surface area contributed by atoms with Crippen LogP contribution in [-0.2, 0) is 0 Å². The molecule has 1 aromatic carbocycles. The second-order valence-electron chi connectivity index (χ2n) is 4.06. The van der Waals surface area contributed by atoms with E-state index in [1.54, 1.807) is 13.0 Å². The van der Waals surface area contributed by atoms with Crippen LogP contribution in [0.2, 0.25) is 0 Å². The van der Waals surface area contributed by atoms with Gasteiger partial charge in [-0.2, -0.15) is 0 Å². The van der Waals surface area contributed by atoms with Gasteiger partial charge in [0.2, 0.25) is 0 Å². The fourth-order valence-corrected chi connectivity index (χ4v) is 1.93. The van der Waals surface area contributed by atoms with Crippen LogP contribution in [0.1, 0.15) is 29.3 Å². The summed E-state index contributed by atoms with van der Waals surface area (Å²) in [5, 5.41) is 13.5. The highest BCUT2D eigenvalue weighted by Crippen LogP contribution is 2.21. The van der Waals surface area contributed by atoms with Crippen molar-refractivity contribution in [2.45, 2.75) is 26.3 Å². The Morgan fingerprint density at radius 3 is 2.78 bits per heavy atom. The highest BCUT2D eigenvalue weighted by Gasteiger charge is 2.18. The SMILES string of the molecule is Cc1c(C(=O)NC(C)CCCl)cccc1[N+](=O)[O-]. The molecular weight excluding hydrogens is 256 g/mol. The van der Waals surface area contributed by atoms with Crippen LogP contribution in [0.3, 0.4) is 0 Å². The number of benzene rings is 1. The van der Waals surface area contributed by atoms with E-state index in [-0.39, 0.29) is 17.6 Å². The van der Waals surface area contributed by atoms with Gasteiger partial charge in [0.05, 0.1) is 4.92 Å². The van der Waals surface area contributed by atoms with Gasteiger partial charge in [-0.3, -0.25) is 14.9 Å². The van der Waals surface area contributed by atoms with Gasteiger partial charge in [0.15, 0.2) is 0 Å². The Labute approximate surface area is 110 Å². The molecule has 1 rings (SSSR count). The highest BCUT2D eigenvalue weighted by atomic mass is 35.5. The third kappa shape index (κ3) is 3.43. The lowest BCUT2D eigenvalue weighted by Gasteiger charge is -2.13. The summed E-state index contributed by atoms with van der Waals surface area (Å²) in [6.45, 7) is 3.41. The molecule has 0 bridgehead atoms. The number of nitrogens with zero attached hydrogens (tertiary/aromatic N) is 1. The minimum Gasteiger partial charge on any atom is -0.350 e. The number of nitrogens with one attached hydrogen (secondary N) is 1. The van der Waals surface area contributed by atoms with Gasteiger partial charge in [-0.05, 0) is 26.3 Å². The van der Waals surface area contributed by atoms with Gasteiger partial charge >= 0.3 is 0 Å². The molecule has 0 aromatic heterocycles. The maximum atomic E-state index is 11.9. The van der Waals surface area contributed by atoms with Gasteiger partial charge in [0, 0.05) is 29.1 Å². The first kappa shape index (κ1) is 14.4. The molecule has 1 atom stereocenters.